The number of carbonyl (C=O) groups is 1. The average Bonchev–Trinajstić information content (AvgIpc) is 3.26. The van der Waals surface area contributed by atoms with Gasteiger partial charge in [0.15, 0.2) is 5.65 Å². The summed E-state index contributed by atoms with van der Waals surface area (Å²) in [4.78, 5) is 33.2. The number of fused-ring (bicyclic) bond motifs is 1. The van der Waals surface area contributed by atoms with Crippen molar-refractivity contribution in [2.24, 2.45) is 0 Å². The fourth-order valence-corrected chi connectivity index (χ4v) is 4.61. The highest BCUT2D eigenvalue weighted by atomic mass is 32.2. The van der Waals surface area contributed by atoms with Gasteiger partial charge < -0.3 is 14.4 Å². The maximum atomic E-state index is 14.1. The maximum Gasteiger partial charge on any atom is 0.246 e. The first-order valence-electron chi connectivity index (χ1n) is 10.9. The van der Waals surface area contributed by atoms with Crippen LogP contribution in [0.3, 0.4) is 0 Å². The molecule has 0 N–H and O–H groups in total. The van der Waals surface area contributed by atoms with Crippen LogP contribution in [-0.4, -0.2) is 76.2 Å². The molecule has 0 radical (unpaired) electrons. The zero-order valence-electron chi connectivity index (χ0n) is 18.9. The van der Waals surface area contributed by atoms with Gasteiger partial charge in [-0.15, -0.1) is 0 Å². The minimum atomic E-state index is -3.54. The van der Waals surface area contributed by atoms with Gasteiger partial charge in [-0.2, -0.15) is 0 Å². The molecule has 0 saturated carbocycles. The van der Waals surface area contributed by atoms with Crippen molar-refractivity contribution < 1.29 is 17.6 Å². The van der Waals surface area contributed by atoms with E-state index in [9.17, 15) is 17.6 Å². The van der Waals surface area contributed by atoms with E-state index in [-0.39, 0.29) is 17.6 Å². The third kappa shape index (κ3) is 4.69. The quantitative estimate of drug-likeness (QED) is 0.385. The Morgan fingerprint density at radius 3 is 2.49 bits per heavy atom. The van der Waals surface area contributed by atoms with Crippen molar-refractivity contribution in [1.82, 2.24) is 29.4 Å². The van der Waals surface area contributed by atoms with Gasteiger partial charge in [-0.3, -0.25) is 4.79 Å². The molecule has 180 valence electrons. The fraction of sp³-hybridized carbons (Fsp3) is 0.261. The number of carbonyl (C=O) groups excluding carboxylic acids is 1. The monoisotopic (exact) mass is 495 g/mol. The second kappa shape index (κ2) is 9.02. The summed E-state index contributed by atoms with van der Waals surface area (Å²) in [6, 6.07) is 8.08. The van der Waals surface area contributed by atoms with Crippen molar-refractivity contribution >= 4 is 32.6 Å². The fourth-order valence-electron chi connectivity index (χ4n) is 4.12. The molecule has 1 aliphatic rings. The number of sulfone groups is 1. The number of aromatic nitrogens is 5. The van der Waals surface area contributed by atoms with Crippen LogP contribution in [0.2, 0.25) is 0 Å². The van der Waals surface area contributed by atoms with E-state index in [4.69, 9.17) is 0 Å². The van der Waals surface area contributed by atoms with Crippen LogP contribution in [0.1, 0.15) is 0 Å². The van der Waals surface area contributed by atoms with Gasteiger partial charge in [0, 0.05) is 67.8 Å². The molecule has 0 unspecified atom stereocenters. The van der Waals surface area contributed by atoms with Crippen LogP contribution in [-0.2, 0) is 21.2 Å². The summed E-state index contributed by atoms with van der Waals surface area (Å²) in [5.74, 6) is -0.454. The number of halogens is 1. The molecular formula is C23H22FN7O3S. The van der Waals surface area contributed by atoms with Crippen molar-refractivity contribution in [1.29, 1.82) is 0 Å². The van der Waals surface area contributed by atoms with Gasteiger partial charge in [-0.05, 0) is 30.3 Å². The summed E-state index contributed by atoms with van der Waals surface area (Å²) in [7, 11) is -3.54. The van der Waals surface area contributed by atoms with Crippen LogP contribution in [0, 0.1) is 5.82 Å². The van der Waals surface area contributed by atoms with Crippen LogP contribution in [0.5, 0.6) is 0 Å². The van der Waals surface area contributed by atoms with E-state index in [1.165, 1.54) is 24.5 Å². The van der Waals surface area contributed by atoms with E-state index in [2.05, 4.69) is 24.8 Å². The van der Waals surface area contributed by atoms with E-state index in [1.54, 1.807) is 34.1 Å². The van der Waals surface area contributed by atoms with Crippen LogP contribution < -0.4 is 4.90 Å². The lowest BCUT2D eigenvalue weighted by atomic mass is 10.0. The first-order valence-corrected chi connectivity index (χ1v) is 12.8. The van der Waals surface area contributed by atoms with Crippen LogP contribution in [0.25, 0.3) is 22.3 Å². The van der Waals surface area contributed by atoms with E-state index in [1.807, 2.05) is 6.07 Å². The van der Waals surface area contributed by atoms with Crippen molar-refractivity contribution in [3.63, 3.8) is 0 Å². The Hall–Kier alpha value is -3.93. The third-order valence-electron chi connectivity index (χ3n) is 5.88. The van der Waals surface area contributed by atoms with Gasteiger partial charge >= 0.3 is 0 Å². The lowest BCUT2D eigenvalue weighted by Crippen LogP contribution is -2.49. The number of pyridine rings is 1. The van der Waals surface area contributed by atoms with E-state index in [0.717, 1.165) is 17.5 Å². The molecule has 0 aliphatic carbocycles. The van der Waals surface area contributed by atoms with Crippen molar-refractivity contribution in [2.45, 2.75) is 11.7 Å². The Morgan fingerprint density at radius 1 is 1.03 bits per heavy atom. The Balaban J connectivity index is 1.31. The lowest BCUT2D eigenvalue weighted by Gasteiger charge is -2.37. The average molecular weight is 496 g/mol. The molecule has 4 aromatic rings. The molecule has 10 nitrogen and oxygen atoms in total. The zero-order chi connectivity index (χ0) is 24.6. The minimum absolute atomic E-state index is 0.0290. The highest BCUT2D eigenvalue weighted by molar-refractivity contribution is 7.90. The number of amides is 1. The van der Waals surface area contributed by atoms with Gasteiger partial charge in [0.2, 0.25) is 20.9 Å². The highest BCUT2D eigenvalue weighted by Gasteiger charge is 2.24. The summed E-state index contributed by atoms with van der Waals surface area (Å²) in [5.41, 5.74) is 3.23. The van der Waals surface area contributed by atoms with E-state index >= 15 is 0 Å². The van der Waals surface area contributed by atoms with Gasteiger partial charge in [-0.25, -0.2) is 32.7 Å². The molecule has 1 saturated heterocycles. The van der Waals surface area contributed by atoms with Crippen molar-refractivity contribution in [3.05, 3.63) is 61.1 Å². The number of rotatable bonds is 5. The normalized spacial score (nSPS) is 14.5. The number of piperazine rings is 1. The molecule has 4 heterocycles. The molecule has 1 aliphatic heterocycles. The SMILES string of the molecule is CS(=O)(=O)c1ncc(-c2cc(F)ccc2N2CCN(C(=O)Cn3cnc4cccnc43)CC2)cn1. The smallest absolute Gasteiger partial charge is 0.246 e. The molecule has 1 fully saturated rings. The number of anilines is 1. The molecule has 0 spiro atoms. The Kier molecular flexibility index (Phi) is 5.89. The maximum absolute atomic E-state index is 14.1. The van der Waals surface area contributed by atoms with Gasteiger partial charge in [0.1, 0.15) is 17.9 Å². The molecule has 1 amide bonds. The molecular weight excluding hydrogens is 473 g/mol. The Labute approximate surface area is 201 Å². The molecule has 35 heavy (non-hydrogen) atoms. The second-order valence-corrected chi connectivity index (χ2v) is 10.2. The number of hydrogen-bond donors (Lipinski definition) is 0. The molecule has 1 aromatic carbocycles. The molecule has 0 atom stereocenters. The molecule has 12 heteroatoms. The largest absolute Gasteiger partial charge is 0.367 e. The summed E-state index contributed by atoms with van der Waals surface area (Å²) in [6.45, 7) is 2.25. The predicted octanol–water partition coefficient (Wildman–Crippen LogP) is 1.78. The minimum Gasteiger partial charge on any atom is -0.367 e. The topological polar surface area (TPSA) is 114 Å². The Bertz CT molecular complexity index is 1500. The van der Waals surface area contributed by atoms with E-state index in [0.29, 0.717) is 43.0 Å². The van der Waals surface area contributed by atoms with Crippen LogP contribution in [0.15, 0.2) is 60.4 Å². The number of nitrogens with zero attached hydrogens (tertiary/aromatic N) is 7. The summed E-state index contributed by atoms with van der Waals surface area (Å²) in [5, 5.41) is -0.285. The summed E-state index contributed by atoms with van der Waals surface area (Å²) in [6.07, 6.45) is 7.08. The molecule has 0 bridgehead atoms. The van der Waals surface area contributed by atoms with Crippen molar-refractivity contribution in [3.8, 4) is 11.1 Å². The first-order chi connectivity index (χ1) is 16.8. The zero-order valence-corrected chi connectivity index (χ0v) is 19.7. The van der Waals surface area contributed by atoms with E-state index < -0.39 is 15.7 Å². The number of hydrogen-bond acceptors (Lipinski definition) is 8. The number of benzene rings is 1. The summed E-state index contributed by atoms with van der Waals surface area (Å²) >= 11 is 0. The van der Waals surface area contributed by atoms with Gasteiger partial charge in [-0.1, -0.05) is 0 Å². The molecule has 5 rings (SSSR count). The Morgan fingerprint density at radius 2 is 1.77 bits per heavy atom. The molecule has 3 aromatic heterocycles. The standard InChI is InChI=1S/C23H22FN7O3S/c1-35(33,34)23-26-12-16(13-27-23)18-11-17(24)4-5-20(18)29-7-9-30(10-8-29)21(32)14-31-15-28-19-3-2-6-25-22(19)31/h2-6,11-13,15H,7-10,14H2,1H3. The third-order valence-corrected chi connectivity index (χ3v) is 6.76. The lowest BCUT2D eigenvalue weighted by molar-refractivity contribution is -0.132. The van der Waals surface area contributed by atoms with Crippen LogP contribution >= 0.6 is 0 Å². The van der Waals surface area contributed by atoms with Crippen LogP contribution in [0.4, 0.5) is 10.1 Å². The van der Waals surface area contributed by atoms with Crippen molar-refractivity contribution in [2.75, 3.05) is 37.3 Å². The number of imidazole rings is 1. The highest BCUT2D eigenvalue weighted by Crippen LogP contribution is 2.32. The van der Waals surface area contributed by atoms with Gasteiger partial charge in [0.05, 0.1) is 6.33 Å². The predicted molar refractivity (Wildman–Crippen MR) is 127 cm³/mol. The second-order valence-electron chi connectivity index (χ2n) is 8.27. The summed E-state index contributed by atoms with van der Waals surface area (Å²) < 4.78 is 39.2. The van der Waals surface area contributed by atoms with Gasteiger partial charge in [0.25, 0.3) is 0 Å². The first kappa shape index (κ1) is 22.8.